The number of primary amides is 1. The molecule has 0 aliphatic carbocycles. The summed E-state index contributed by atoms with van der Waals surface area (Å²) in [6.07, 6.45) is 4.00. The van der Waals surface area contributed by atoms with Crippen LogP contribution in [0.3, 0.4) is 0 Å². The van der Waals surface area contributed by atoms with Crippen molar-refractivity contribution in [3.8, 4) is 0 Å². The zero-order chi connectivity index (χ0) is 12.3. The van der Waals surface area contributed by atoms with Gasteiger partial charge >= 0.3 is 0 Å². The van der Waals surface area contributed by atoms with Gasteiger partial charge in [-0.05, 0) is 25.8 Å². The maximum atomic E-state index is 11.2. The van der Waals surface area contributed by atoms with Crippen LogP contribution in [0.4, 0.5) is 0 Å². The number of nitrogens with two attached hydrogens (primary N) is 1. The van der Waals surface area contributed by atoms with Gasteiger partial charge in [-0.1, -0.05) is 6.92 Å². The fourth-order valence-corrected chi connectivity index (χ4v) is 2.78. The number of nitrogens with zero attached hydrogens (tertiary/aromatic N) is 1. The average Bonchev–Trinajstić information content (AvgIpc) is 2.63. The summed E-state index contributed by atoms with van der Waals surface area (Å²) >= 11 is 0. The van der Waals surface area contributed by atoms with Crippen molar-refractivity contribution in [1.82, 2.24) is 10.2 Å². The van der Waals surface area contributed by atoms with Crippen LogP contribution in [-0.2, 0) is 9.53 Å². The molecule has 0 radical (unpaired) electrons. The highest BCUT2D eigenvalue weighted by Gasteiger charge is 2.33. The summed E-state index contributed by atoms with van der Waals surface area (Å²) in [7, 11) is 0. The molecule has 5 heteroatoms. The first-order valence-corrected chi connectivity index (χ1v) is 6.59. The third-order valence-corrected chi connectivity index (χ3v) is 3.65. The number of nitrogens with one attached hydrogen (secondary N) is 1. The number of fused-ring (bicyclic) bond motifs is 2. The zero-order valence-electron chi connectivity index (χ0n) is 10.5. The van der Waals surface area contributed by atoms with Crippen LogP contribution < -0.4 is 11.1 Å². The van der Waals surface area contributed by atoms with Gasteiger partial charge in [0.15, 0.2) is 0 Å². The number of morpholine rings is 1. The monoisotopic (exact) mass is 241 g/mol. The number of rotatable bonds is 6. The molecule has 2 rings (SSSR count). The Kier molecular flexibility index (Phi) is 4.36. The van der Waals surface area contributed by atoms with Gasteiger partial charge in [-0.15, -0.1) is 0 Å². The molecule has 2 heterocycles. The molecule has 0 aromatic carbocycles. The molecule has 0 saturated carbocycles. The van der Waals surface area contributed by atoms with Crippen LogP contribution in [0, 0.1) is 0 Å². The Balaban J connectivity index is 1.75. The van der Waals surface area contributed by atoms with Gasteiger partial charge in [0, 0.05) is 19.6 Å². The highest BCUT2D eigenvalue weighted by atomic mass is 16.5. The van der Waals surface area contributed by atoms with Gasteiger partial charge in [-0.3, -0.25) is 9.69 Å². The van der Waals surface area contributed by atoms with Crippen LogP contribution in [0.2, 0.25) is 0 Å². The number of likely N-dealkylation sites (N-methyl/N-ethyl adjacent to an activating group) is 1. The van der Waals surface area contributed by atoms with Crippen LogP contribution in [0.25, 0.3) is 0 Å². The minimum Gasteiger partial charge on any atom is -0.372 e. The Morgan fingerprint density at radius 3 is 2.65 bits per heavy atom. The Morgan fingerprint density at radius 1 is 1.47 bits per heavy atom. The van der Waals surface area contributed by atoms with Crippen molar-refractivity contribution >= 4 is 5.91 Å². The highest BCUT2D eigenvalue weighted by Crippen LogP contribution is 2.26. The van der Waals surface area contributed by atoms with Crippen molar-refractivity contribution in [2.45, 2.75) is 44.4 Å². The van der Waals surface area contributed by atoms with E-state index in [-0.39, 0.29) is 11.9 Å². The van der Waals surface area contributed by atoms with E-state index in [1.54, 1.807) is 0 Å². The summed E-state index contributed by atoms with van der Waals surface area (Å²) in [6, 6.07) is -0.194. The van der Waals surface area contributed by atoms with E-state index in [0.717, 1.165) is 32.6 Å². The van der Waals surface area contributed by atoms with Gasteiger partial charge in [0.2, 0.25) is 5.91 Å². The SMILES string of the molecule is CCNC(CCN1CC2CCC(C1)O2)C(N)=O. The van der Waals surface area contributed by atoms with Crippen molar-refractivity contribution in [2.24, 2.45) is 5.73 Å². The molecule has 98 valence electrons. The predicted octanol–water partition coefficient (Wildman–Crippen LogP) is -0.297. The van der Waals surface area contributed by atoms with E-state index in [0.29, 0.717) is 12.2 Å². The molecule has 1 amide bonds. The molecule has 3 N–H and O–H groups in total. The number of amides is 1. The van der Waals surface area contributed by atoms with Gasteiger partial charge in [0.05, 0.1) is 18.2 Å². The molecule has 2 fully saturated rings. The molecule has 2 bridgehead atoms. The van der Waals surface area contributed by atoms with Crippen LogP contribution in [0.15, 0.2) is 0 Å². The molecule has 2 aliphatic heterocycles. The molecule has 0 aromatic rings. The second-order valence-electron chi connectivity index (χ2n) is 5.02. The first kappa shape index (κ1) is 12.8. The molecule has 0 spiro atoms. The maximum absolute atomic E-state index is 11.2. The first-order chi connectivity index (χ1) is 8.19. The first-order valence-electron chi connectivity index (χ1n) is 6.59. The van der Waals surface area contributed by atoms with Gasteiger partial charge in [0.1, 0.15) is 0 Å². The minimum absolute atomic E-state index is 0.194. The summed E-state index contributed by atoms with van der Waals surface area (Å²) in [5, 5.41) is 3.13. The highest BCUT2D eigenvalue weighted by molar-refractivity contribution is 5.79. The van der Waals surface area contributed by atoms with E-state index in [2.05, 4.69) is 10.2 Å². The summed E-state index contributed by atoms with van der Waals surface area (Å²) in [4.78, 5) is 13.6. The fraction of sp³-hybridized carbons (Fsp3) is 0.917. The Morgan fingerprint density at radius 2 is 2.12 bits per heavy atom. The van der Waals surface area contributed by atoms with Gasteiger partial charge in [0.25, 0.3) is 0 Å². The predicted molar refractivity (Wildman–Crippen MR) is 65.6 cm³/mol. The quantitative estimate of drug-likeness (QED) is 0.670. The van der Waals surface area contributed by atoms with Crippen molar-refractivity contribution in [3.05, 3.63) is 0 Å². The second kappa shape index (κ2) is 5.80. The number of carbonyl (C=O) groups excluding carboxylic acids is 1. The molecule has 0 aromatic heterocycles. The van der Waals surface area contributed by atoms with E-state index in [1.807, 2.05) is 6.92 Å². The molecular formula is C12H23N3O2. The second-order valence-corrected chi connectivity index (χ2v) is 5.02. The Bertz CT molecular complexity index is 260. The van der Waals surface area contributed by atoms with Crippen molar-refractivity contribution in [1.29, 1.82) is 0 Å². The number of hydrogen-bond donors (Lipinski definition) is 2. The Hall–Kier alpha value is -0.650. The van der Waals surface area contributed by atoms with Gasteiger partial charge in [-0.25, -0.2) is 0 Å². The average molecular weight is 241 g/mol. The van der Waals surface area contributed by atoms with E-state index in [9.17, 15) is 4.79 Å². The Labute approximate surface area is 103 Å². The lowest BCUT2D eigenvalue weighted by Crippen LogP contribution is -2.47. The smallest absolute Gasteiger partial charge is 0.234 e. The number of ether oxygens (including phenoxy) is 1. The summed E-state index contributed by atoms with van der Waals surface area (Å²) in [6.45, 7) is 5.71. The number of likely N-dealkylation sites (tertiary alicyclic amines) is 1. The van der Waals surface area contributed by atoms with Gasteiger partial charge in [-0.2, -0.15) is 0 Å². The third kappa shape index (κ3) is 3.40. The van der Waals surface area contributed by atoms with Crippen molar-refractivity contribution in [3.63, 3.8) is 0 Å². The summed E-state index contributed by atoms with van der Waals surface area (Å²) in [5.74, 6) is -0.247. The lowest BCUT2D eigenvalue weighted by Gasteiger charge is -2.32. The molecule has 3 unspecified atom stereocenters. The molecule has 5 nitrogen and oxygen atoms in total. The summed E-state index contributed by atoms with van der Waals surface area (Å²) < 4.78 is 5.78. The van der Waals surface area contributed by atoms with Crippen LogP contribution in [0.5, 0.6) is 0 Å². The number of hydrogen-bond acceptors (Lipinski definition) is 4. The van der Waals surface area contributed by atoms with E-state index < -0.39 is 0 Å². The van der Waals surface area contributed by atoms with Gasteiger partial charge < -0.3 is 15.8 Å². The molecule has 2 aliphatic rings. The lowest BCUT2D eigenvalue weighted by molar-refractivity contribution is -0.120. The zero-order valence-corrected chi connectivity index (χ0v) is 10.5. The van der Waals surface area contributed by atoms with E-state index in [4.69, 9.17) is 10.5 Å². The molecule has 17 heavy (non-hydrogen) atoms. The van der Waals surface area contributed by atoms with Crippen molar-refractivity contribution in [2.75, 3.05) is 26.2 Å². The molecular weight excluding hydrogens is 218 g/mol. The van der Waals surface area contributed by atoms with Crippen molar-refractivity contribution < 1.29 is 9.53 Å². The minimum atomic E-state index is -0.247. The number of carbonyl (C=O) groups is 1. The fourth-order valence-electron chi connectivity index (χ4n) is 2.78. The topological polar surface area (TPSA) is 67.6 Å². The maximum Gasteiger partial charge on any atom is 0.234 e. The molecule has 3 atom stereocenters. The van der Waals surface area contributed by atoms with Crippen LogP contribution in [-0.4, -0.2) is 55.2 Å². The largest absolute Gasteiger partial charge is 0.372 e. The van der Waals surface area contributed by atoms with E-state index >= 15 is 0 Å². The van der Waals surface area contributed by atoms with E-state index in [1.165, 1.54) is 12.8 Å². The lowest BCUT2D eigenvalue weighted by atomic mass is 10.1. The standard InChI is InChI=1S/C12H23N3O2/c1-2-14-11(12(13)16)5-6-15-7-9-3-4-10(8-15)17-9/h9-11,14H,2-8H2,1H3,(H2,13,16). The van der Waals surface area contributed by atoms with Crippen LogP contribution in [0.1, 0.15) is 26.2 Å². The normalized spacial score (nSPS) is 30.4. The third-order valence-electron chi connectivity index (χ3n) is 3.65. The summed E-state index contributed by atoms with van der Waals surface area (Å²) in [5.41, 5.74) is 5.36. The molecule has 2 saturated heterocycles. The van der Waals surface area contributed by atoms with Crippen LogP contribution >= 0.6 is 0 Å².